The van der Waals surface area contributed by atoms with Gasteiger partial charge >= 0.3 is 6.18 Å². The number of hydrogen-bond donors (Lipinski definition) is 1. The van der Waals surface area contributed by atoms with Gasteiger partial charge in [0.05, 0.1) is 23.8 Å². The Balaban J connectivity index is 2.36. The lowest BCUT2D eigenvalue weighted by Crippen LogP contribution is -2.42. The fraction of sp³-hybridized carbons (Fsp3) is 0.400. The molecule has 0 bridgehead atoms. The summed E-state index contributed by atoms with van der Waals surface area (Å²) in [5, 5.41) is 6.82. The molecule has 96 valence electrons. The highest BCUT2D eigenvalue weighted by molar-refractivity contribution is 6.33. The molecule has 0 aliphatic carbocycles. The first-order valence-corrected chi connectivity index (χ1v) is 5.56. The Morgan fingerprint density at radius 1 is 1.44 bits per heavy atom. The van der Waals surface area contributed by atoms with Gasteiger partial charge in [-0.3, -0.25) is 0 Å². The van der Waals surface area contributed by atoms with Crippen LogP contribution in [0.25, 0.3) is 5.65 Å². The quantitative estimate of drug-likeness (QED) is 0.804. The molecule has 3 heterocycles. The van der Waals surface area contributed by atoms with Crippen molar-refractivity contribution >= 4 is 22.9 Å². The SMILES string of the molecule is CC1(C(F)(F)F)CNc2cnc3c(Cl)cnn3c21. The lowest BCUT2D eigenvalue weighted by atomic mass is 9.88. The maximum Gasteiger partial charge on any atom is 0.401 e. The highest BCUT2D eigenvalue weighted by atomic mass is 35.5. The number of anilines is 1. The van der Waals surface area contributed by atoms with Gasteiger partial charge in [-0.25, -0.2) is 9.50 Å². The molecule has 2 aromatic rings. The zero-order chi connectivity index (χ0) is 13.1. The van der Waals surface area contributed by atoms with E-state index in [0.29, 0.717) is 5.69 Å². The first-order chi connectivity index (χ1) is 8.34. The average molecular weight is 277 g/mol. The molecule has 3 rings (SSSR count). The fourth-order valence-electron chi connectivity index (χ4n) is 2.15. The third kappa shape index (κ3) is 1.28. The molecule has 0 amide bonds. The van der Waals surface area contributed by atoms with Crippen molar-refractivity contribution in [2.24, 2.45) is 0 Å². The topological polar surface area (TPSA) is 42.2 Å². The lowest BCUT2D eigenvalue weighted by Gasteiger charge is -2.27. The molecule has 0 spiro atoms. The normalized spacial score (nSPS) is 23.2. The number of nitrogens with one attached hydrogen (secondary N) is 1. The second-order valence-electron chi connectivity index (χ2n) is 4.43. The van der Waals surface area contributed by atoms with E-state index in [-0.39, 0.29) is 22.9 Å². The highest BCUT2D eigenvalue weighted by Gasteiger charge is 2.57. The van der Waals surface area contributed by atoms with Crippen LogP contribution in [0.2, 0.25) is 5.02 Å². The third-order valence-electron chi connectivity index (χ3n) is 3.26. The molecule has 0 radical (unpaired) electrons. The van der Waals surface area contributed by atoms with E-state index in [9.17, 15) is 13.2 Å². The standard InChI is InChI=1S/C10H8ClF3N4/c1-9(10(12,13)14)4-16-6-3-15-8-5(11)2-17-18(8)7(6)9/h2-3,16H,4H2,1H3. The summed E-state index contributed by atoms with van der Waals surface area (Å²) in [6.07, 6.45) is -1.73. The Labute approximate surface area is 105 Å². The summed E-state index contributed by atoms with van der Waals surface area (Å²) in [7, 11) is 0. The summed E-state index contributed by atoms with van der Waals surface area (Å²) in [6.45, 7) is 0.908. The Morgan fingerprint density at radius 3 is 2.83 bits per heavy atom. The van der Waals surface area contributed by atoms with Gasteiger partial charge < -0.3 is 5.32 Å². The molecule has 1 aliphatic rings. The van der Waals surface area contributed by atoms with Gasteiger partial charge in [-0.2, -0.15) is 18.3 Å². The van der Waals surface area contributed by atoms with Gasteiger partial charge in [0, 0.05) is 6.54 Å². The van der Waals surface area contributed by atoms with E-state index in [2.05, 4.69) is 15.4 Å². The minimum Gasteiger partial charge on any atom is -0.381 e. The Hall–Kier alpha value is -1.50. The van der Waals surface area contributed by atoms with E-state index >= 15 is 0 Å². The second-order valence-corrected chi connectivity index (χ2v) is 4.84. The van der Waals surface area contributed by atoms with E-state index in [0.717, 1.165) is 11.4 Å². The molecule has 1 atom stereocenters. The molecule has 1 unspecified atom stereocenters. The number of rotatable bonds is 0. The molecule has 8 heteroatoms. The Morgan fingerprint density at radius 2 is 2.17 bits per heavy atom. The summed E-state index contributed by atoms with van der Waals surface area (Å²) in [5.41, 5.74) is -1.39. The number of hydrogen-bond acceptors (Lipinski definition) is 3. The van der Waals surface area contributed by atoms with Crippen LogP contribution in [0.15, 0.2) is 12.4 Å². The highest BCUT2D eigenvalue weighted by Crippen LogP contribution is 2.47. The van der Waals surface area contributed by atoms with Gasteiger partial charge in [0.2, 0.25) is 0 Å². The minimum absolute atomic E-state index is 0.0481. The number of alkyl halides is 3. The third-order valence-corrected chi connectivity index (χ3v) is 3.53. The second kappa shape index (κ2) is 3.28. The van der Waals surface area contributed by atoms with Gasteiger partial charge in [-0.1, -0.05) is 11.6 Å². The number of aromatic nitrogens is 3. The molecule has 4 nitrogen and oxygen atoms in total. The largest absolute Gasteiger partial charge is 0.401 e. The van der Waals surface area contributed by atoms with E-state index in [1.54, 1.807) is 0 Å². The van der Waals surface area contributed by atoms with Crippen LogP contribution in [0.5, 0.6) is 0 Å². The summed E-state index contributed by atoms with van der Waals surface area (Å²) in [6, 6.07) is 0. The number of fused-ring (bicyclic) bond motifs is 3. The predicted octanol–water partition coefficient (Wildman–Crippen LogP) is 2.63. The molecular weight excluding hydrogens is 269 g/mol. The molecular formula is C10H8ClF3N4. The van der Waals surface area contributed by atoms with Crippen LogP contribution in [0.1, 0.15) is 12.6 Å². The van der Waals surface area contributed by atoms with Crippen molar-refractivity contribution in [3.05, 3.63) is 23.1 Å². The van der Waals surface area contributed by atoms with Crippen molar-refractivity contribution in [3.63, 3.8) is 0 Å². The maximum atomic E-state index is 13.2. The number of halogens is 4. The Bertz CT molecular complexity index is 636. The summed E-state index contributed by atoms with van der Waals surface area (Å²) >= 11 is 5.83. The molecule has 0 saturated heterocycles. The molecule has 2 aromatic heterocycles. The predicted molar refractivity (Wildman–Crippen MR) is 59.9 cm³/mol. The fourth-order valence-corrected chi connectivity index (χ4v) is 2.33. The van der Waals surface area contributed by atoms with Gasteiger partial charge in [0.15, 0.2) is 5.65 Å². The van der Waals surface area contributed by atoms with E-state index in [1.165, 1.54) is 12.4 Å². The van der Waals surface area contributed by atoms with Crippen molar-refractivity contribution in [1.82, 2.24) is 14.6 Å². The van der Waals surface area contributed by atoms with Crippen LogP contribution >= 0.6 is 11.6 Å². The van der Waals surface area contributed by atoms with Gasteiger partial charge in [-0.15, -0.1) is 0 Å². The zero-order valence-corrected chi connectivity index (χ0v) is 9.97. The van der Waals surface area contributed by atoms with E-state index < -0.39 is 11.6 Å². The van der Waals surface area contributed by atoms with Crippen molar-refractivity contribution < 1.29 is 13.2 Å². The number of nitrogens with zero attached hydrogens (tertiary/aromatic N) is 3. The van der Waals surface area contributed by atoms with Gasteiger partial charge in [-0.05, 0) is 6.92 Å². The molecule has 1 N–H and O–H groups in total. The smallest absolute Gasteiger partial charge is 0.381 e. The minimum atomic E-state index is -4.38. The zero-order valence-electron chi connectivity index (χ0n) is 9.22. The van der Waals surface area contributed by atoms with Crippen molar-refractivity contribution in [1.29, 1.82) is 0 Å². The van der Waals surface area contributed by atoms with Crippen LogP contribution in [0.3, 0.4) is 0 Å². The average Bonchev–Trinajstić information content (AvgIpc) is 2.81. The van der Waals surface area contributed by atoms with E-state index in [1.807, 2.05) is 0 Å². The lowest BCUT2D eigenvalue weighted by molar-refractivity contribution is -0.181. The Kier molecular flexibility index (Phi) is 2.11. The summed E-state index contributed by atoms with van der Waals surface area (Å²) in [4.78, 5) is 4.00. The summed E-state index contributed by atoms with van der Waals surface area (Å²) < 4.78 is 40.8. The molecule has 0 fully saturated rings. The van der Waals surface area contributed by atoms with Gasteiger partial charge in [0.1, 0.15) is 10.4 Å². The van der Waals surface area contributed by atoms with Crippen LogP contribution in [0.4, 0.5) is 18.9 Å². The molecule has 0 saturated carbocycles. The molecule has 18 heavy (non-hydrogen) atoms. The first-order valence-electron chi connectivity index (χ1n) is 5.18. The van der Waals surface area contributed by atoms with Crippen LogP contribution in [-0.2, 0) is 5.41 Å². The van der Waals surface area contributed by atoms with Crippen molar-refractivity contribution in [2.75, 3.05) is 11.9 Å². The molecule has 1 aliphatic heterocycles. The first kappa shape index (κ1) is 11.6. The van der Waals surface area contributed by atoms with Crippen LogP contribution in [0, 0.1) is 0 Å². The van der Waals surface area contributed by atoms with Crippen molar-refractivity contribution in [3.8, 4) is 0 Å². The van der Waals surface area contributed by atoms with Gasteiger partial charge in [0.25, 0.3) is 0 Å². The summed E-state index contributed by atoms with van der Waals surface area (Å²) in [5.74, 6) is 0. The van der Waals surface area contributed by atoms with E-state index in [4.69, 9.17) is 11.6 Å². The van der Waals surface area contributed by atoms with Crippen LogP contribution in [-0.4, -0.2) is 27.3 Å². The molecule has 0 aromatic carbocycles. The maximum absolute atomic E-state index is 13.2. The van der Waals surface area contributed by atoms with Crippen LogP contribution < -0.4 is 5.32 Å². The van der Waals surface area contributed by atoms with Crippen molar-refractivity contribution in [2.45, 2.75) is 18.5 Å². The monoisotopic (exact) mass is 276 g/mol.